The van der Waals surface area contributed by atoms with Crippen molar-refractivity contribution in [3.05, 3.63) is 231 Å². The molecule has 3 aromatic heterocycles. The van der Waals surface area contributed by atoms with Gasteiger partial charge in [-0.15, -0.1) is 11.3 Å². The molecule has 0 saturated heterocycles. The summed E-state index contributed by atoms with van der Waals surface area (Å²) in [5.74, 6) is 1.88. The topological polar surface area (TPSA) is 51.6 Å². The van der Waals surface area contributed by atoms with Crippen molar-refractivity contribution in [2.24, 2.45) is 0 Å². The van der Waals surface area contributed by atoms with Crippen LogP contribution in [0.4, 0.5) is 0 Å². The second-order valence-corrected chi connectivity index (χ2v) is 17.9. The van der Waals surface area contributed by atoms with Gasteiger partial charge in [0.25, 0.3) is 0 Å². The van der Waals surface area contributed by atoms with Crippen molar-refractivity contribution in [3.63, 3.8) is 0 Å². The molecule has 67 heavy (non-hydrogen) atoms. The predicted molar refractivity (Wildman–Crippen MR) is 281 cm³/mol. The highest BCUT2D eigenvalue weighted by molar-refractivity contribution is 7.24. The van der Waals surface area contributed by atoms with E-state index >= 15 is 0 Å². The third-order valence-corrected chi connectivity index (χ3v) is 14.2. The second kappa shape index (κ2) is 16.1. The zero-order valence-corrected chi connectivity index (χ0v) is 37.0. The SMILES string of the molecule is c1ccc(-c2cccc(-c3nc(-c4ccccc4)nc(-c4ccc(-c5sc6c(c(-c7ccccc7)nc7ccccc76)c5-c5ccc6c7ccccc7c7ccccc7c6c5)cc4)n3)c2)cc1. The molecule has 3 heterocycles. The lowest BCUT2D eigenvalue weighted by molar-refractivity contribution is 1.07. The van der Waals surface area contributed by atoms with E-state index in [1.54, 1.807) is 0 Å². The first-order valence-electron chi connectivity index (χ1n) is 22.5. The molecule has 0 unspecified atom stereocenters. The van der Waals surface area contributed by atoms with Gasteiger partial charge in [0.15, 0.2) is 17.5 Å². The maximum Gasteiger partial charge on any atom is 0.164 e. The van der Waals surface area contributed by atoms with Gasteiger partial charge in [0, 0.05) is 48.2 Å². The molecule has 312 valence electrons. The molecule has 0 spiro atoms. The smallest absolute Gasteiger partial charge is 0.164 e. The summed E-state index contributed by atoms with van der Waals surface area (Å²) in [4.78, 5) is 22.0. The second-order valence-electron chi connectivity index (χ2n) is 16.9. The number of fused-ring (bicyclic) bond motifs is 9. The standard InChI is InChI=1S/C62H38N4S/c1-4-17-39(18-5-1)44-23-16-24-46(37-44)62-65-60(42-21-8-3-9-22-42)64-61(66-62)43-33-31-41(32-34-43)58-55(56-57(40-19-6-2-7-20-40)63-54-30-15-14-29-52(54)59(56)67-58)45-35-36-51-49-27-11-10-25-47(49)48-26-12-13-28-50(48)53(51)38-45/h1-38H. The largest absolute Gasteiger partial charge is 0.247 e. The zero-order valence-electron chi connectivity index (χ0n) is 36.1. The van der Waals surface area contributed by atoms with Crippen LogP contribution in [0.25, 0.3) is 131 Å². The van der Waals surface area contributed by atoms with Gasteiger partial charge in [-0.25, -0.2) is 19.9 Å². The summed E-state index contributed by atoms with van der Waals surface area (Å²) in [7, 11) is 0. The summed E-state index contributed by atoms with van der Waals surface area (Å²) in [5.41, 5.74) is 11.5. The Kier molecular flexibility index (Phi) is 9.32. The molecule has 0 saturated carbocycles. The van der Waals surface area contributed by atoms with Crippen molar-refractivity contribution in [1.82, 2.24) is 19.9 Å². The van der Waals surface area contributed by atoms with Crippen LogP contribution in [0, 0.1) is 0 Å². The molecule has 5 heteroatoms. The Morgan fingerprint density at radius 1 is 0.269 bits per heavy atom. The molecule has 0 aliphatic rings. The van der Waals surface area contributed by atoms with Gasteiger partial charge < -0.3 is 0 Å². The van der Waals surface area contributed by atoms with Crippen LogP contribution in [-0.4, -0.2) is 19.9 Å². The van der Waals surface area contributed by atoms with Crippen LogP contribution in [0.3, 0.4) is 0 Å². The molecule has 0 radical (unpaired) electrons. The lowest BCUT2D eigenvalue weighted by Gasteiger charge is -2.14. The number of para-hydroxylation sites is 1. The van der Waals surface area contributed by atoms with E-state index in [9.17, 15) is 0 Å². The van der Waals surface area contributed by atoms with Gasteiger partial charge in [-0.3, -0.25) is 0 Å². The summed E-state index contributed by atoms with van der Waals surface area (Å²) in [6.45, 7) is 0. The monoisotopic (exact) mass is 870 g/mol. The number of nitrogens with zero attached hydrogens (tertiary/aromatic N) is 4. The summed E-state index contributed by atoms with van der Waals surface area (Å²) in [5, 5.41) is 9.80. The van der Waals surface area contributed by atoms with Crippen LogP contribution in [-0.2, 0) is 0 Å². The number of benzene rings is 10. The highest BCUT2D eigenvalue weighted by Gasteiger charge is 2.24. The van der Waals surface area contributed by atoms with Crippen LogP contribution in [0.2, 0.25) is 0 Å². The minimum atomic E-state index is 0.618. The van der Waals surface area contributed by atoms with Gasteiger partial charge in [-0.1, -0.05) is 212 Å². The van der Waals surface area contributed by atoms with E-state index in [0.29, 0.717) is 17.5 Å². The molecule has 0 aliphatic carbocycles. The van der Waals surface area contributed by atoms with E-state index in [-0.39, 0.29) is 0 Å². The molecule has 0 atom stereocenters. The van der Waals surface area contributed by atoms with Crippen molar-refractivity contribution in [1.29, 1.82) is 0 Å². The third-order valence-electron chi connectivity index (χ3n) is 12.9. The summed E-state index contributed by atoms with van der Waals surface area (Å²) in [6.07, 6.45) is 0. The number of thiophene rings is 1. The number of hydrogen-bond acceptors (Lipinski definition) is 5. The Morgan fingerprint density at radius 2 is 0.716 bits per heavy atom. The molecule has 13 rings (SSSR count). The first-order valence-corrected chi connectivity index (χ1v) is 23.4. The van der Waals surface area contributed by atoms with Crippen LogP contribution in [0.5, 0.6) is 0 Å². The molecule has 0 bridgehead atoms. The first kappa shape index (κ1) is 38.8. The zero-order chi connectivity index (χ0) is 44.3. The van der Waals surface area contributed by atoms with E-state index in [2.05, 4.69) is 206 Å². The van der Waals surface area contributed by atoms with E-state index < -0.39 is 0 Å². The normalized spacial score (nSPS) is 11.6. The Morgan fingerprint density at radius 3 is 1.36 bits per heavy atom. The maximum atomic E-state index is 5.45. The van der Waals surface area contributed by atoms with Crippen molar-refractivity contribution >= 4 is 64.6 Å². The fraction of sp³-hybridized carbons (Fsp3) is 0. The molecule has 0 fully saturated rings. The summed E-state index contributed by atoms with van der Waals surface area (Å²) in [6, 6.07) is 81.6. The van der Waals surface area contributed by atoms with Gasteiger partial charge in [0.2, 0.25) is 0 Å². The highest BCUT2D eigenvalue weighted by atomic mass is 32.1. The minimum Gasteiger partial charge on any atom is -0.247 e. The molecule has 13 aromatic rings. The van der Waals surface area contributed by atoms with Gasteiger partial charge in [-0.05, 0) is 72.8 Å². The Balaban J connectivity index is 1.02. The minimum absolute atomic E-state index is 0.618. The Bertz CT molecular complexity index is 3980. The van der Waals surface area contributed by atoms with Crippen molar-refractivity contribution in [3.8, 4) is 78.1 Å². The Labute approximate surface area is 391 Å². The average Bonchev–Trinajstić information content (AvgIpc) is 3.82. The predicted octanol–water partition coefficient (Wildman–Crippen LogP) is 16.8. The van der Waals surface area contributed by atoms with E-state index in [4.69, 9.17) is 19.9 Å². The lowest BCUT2D eigenvalue weighted by atomic mass is 9.90. The Hall–Kier alpha value is -8.64. The molecular weight excluding hydrogens is 833 g/mol. The number of pyridine rings is 1. The van der Waals surface area contributed by atoms with Crippen LogP contribution >= 0.6 is 11.3 Å². The van der Waals surface area contributed by atoms with Crippen molar-refractivity contribution < 1.29 is 0 Å². The van der Waals surface area contributed by atoms with Gasteiger partial charge in [-0.2, -0.15) is 0 Å². The van der Waals surface area contributed by atoms with Crippen LogP contribution < -0.4 is 0 Å². The van der Waals surface area contributed by atoms with Crippen LogP contribution in [0.1, 0.15) is 0 Å². The highest BCUT2D eigenvalue weighted by Crippen LogP contribution is 2.51. The van der Waals surface area contributed by atoms with Gasteiger partial charge >= 0.3 is 0 Å². The van der Waals surface area contributed by atoms with Crippen molar-refractivity contribution in [2.75, 3.05) is 0 Å². The molecule has 10 aromatic carbocycles. The average molecular weight is 871 g/mol. The van der Waals surface area contributed by atoms with E-state index in [0.717, 1.165) is 66.5 Å². The summed E-state index contributed by atoms with van der Waals surface area (Å²) >= 11 is 1.84. The first-order chi connectivity index (χ1) is 33.2. The number of hydrogen-bond donors (Lipinski definition) is 0. The fourth-order valence-electron chi connectivity index (χ4n) is 9.72. The lowest BCUT2D eigenvalue weighted by Crippen LogP contribution is -2.00. The van der Waals surface area contributed by atoms with Gasteiger partial charge in [0.1, 0.15) is 0 Å². The number of rotatable bonds is 7. The fourth-order valence-corrected chi connectivity index (χ4v) is 11.1. The van der Waals surface area contributed by atoms with Gasteiger partial charge in [0.05, 0.1) is 11.2 Å². The van der Waals surface area contributed by atoms with E-state index in [1.807, 2.05) is 35.6 Å². The molecule has 4 nitrogen and oxygen atoms in total. The summed E-state index contributed by atoms with van der Waals surface area (Å²) < 4.78 is 1.22. The van der Waals surface area contributed by atoms with E-state index in [1.165, 1.54) is 47.5 Å². The molecule has 0 amide bonds. The quantitative estimate of drug-likeness (QED) is 0.150. The molecular formula is C62H38N4S. The molecule has 0 aliphatic heterocycles. The third kappa shape index (κ3) is 6.75. The maximum absolute atomic E-state index is 5.45. The van der Waals surface area contributed by atoms with Crippen LogP contribution in [0.15, 0.2) is 231 Å². The van der Waals surface area contributed by atoms with Crippen molar-refractivity contribution in [2.45, 2.75) is 0 Å². The number of aromatic nitrogens is 4. The molecule has 0 N–H and O–H groups in total.